The molecule has 0 aliphatic carbocycles. The fourth-order valence-corrected chi connectivity index (χ4v) is 4.52. The number of carbonyl (C=O) groups excluding carboxylic acids is 1. The number of aromatic nitrogens is 3. The molecule has 2 heterocycles. The van der Waals surface area contributed by atoms with Gasteiger partial charge >= 0.3 is 0 Å². The molecule has 3 N–H and O–H groups in total. The summed E-state index contributed by atoms with van der Waals surface area (Å²) in [7, 11) is 0. The van der Waals surface area contributed by atoms with E-state index in [1.54, 1.807) is 0 Å². The van der Waals surface area contributed by atoms with E-state index in [0.29, 0.717) is 11.3 Å². The van der Waals surface area contributed by atoms with Crippen LogP contribution in [0.2, 0.25) is 0 Å². The molecule has 0 spiro atoms. The Morgan fingerprint density at radius 1 is 0.853 bits per heavy atom. The summed E-state index contributed by atoms with van der Waals surface area (Å²) < 4.78 is 2.03. The lowest BCUT2D eigenvalue weighted by atomic mass is 10.1. The van der Waals surface area contributed by atoms with Crippen molar-refractivity contribution in [1.82, 2.24) is 14.5 Å². The zero-order valence-electron chi connectivity index (χ0n) is 18.5. The average Bonchev–Trinajstić information content (AvgIpc) is 3.19. The minimum Gasteiger partial charge on any atom is -0.383 e. The number of nitrogens with two attached hydrogens (primary N) is 1. The van der Waals surface area contributed by atoms with Crippen molar-refractivity contribution in [1.29, 1.82) is 0 Å². The smallest absolute Gasteiger partial charge is 0.293 e. The predicted molar refractivity (Wildman–Crippen MR) is 137 cm³/mol. The highest BCUT2D eigenvalue weighted by Crippen LogP contribution is 2.34. The Bertz CT molecular complexity index is 1730. The predicted octanol–water partition coefficient (Wildman–Crippen LogP) is 5.87. The Labute approximate surface area is 195 Å². The molecule has 6 nitrogen and oxygen atoms in total. The first-order chi connectivity index (χ1) is 16.6. The minimum atomic E-state index is -0.411. The number of nitrogen functional groups attached to an aromatic ring is 1. The van der Waals surface area contributed by atoms with Gasteiger partial charge < -0.3 is 11.1 Å². The van der Waals surface area contributed by atoms with E-state index < -0.39 is 5.91 Å². The molecule has 0 radical (unpaired) electrons. The third kappa shape index (κ3) is 3.16. The fourth-order valence-electron chi connectivity index (χ4n) is 4.52. The van der Waals surface area contributed by atoms with Gasteiger partial charge in [0.1, 0.15) is 5.82 Å². The molecule has 0 bridgehead atoms. The van der Waals surface area contributed by atoms with Crippen molar-refractivity contribution in [3.05, 3.63) is 102 Å². The van der Waals surface area contributed by atoms with E-state index in [-0.39, 0.29) is 11.6 Å². The number of nitrogens with one attached hydrogen (secondary N) is 1. The van der Waals surface area contributed by atoms with Gasteiger partial charge in [0.25, 0.3) is 5.91 Å². The second kappa shape index (κ2) is 7.71. The second-order valence-electron chi connectivity index (χ2n) is 8.30. The molecular formula is C28H21N5O. The van der Waals surface area contributed by atoms with E-state index in [4.69, 9.17) is 10.7 Å². The van der Waals surface area contributed by atoms with Crippen LogP contribution in [0.25, 0.3) is 38.4 Å². The SMILES string of the molecule is Cc1cccc(-n2c3ccccc3c3c(N)nc(C(=O)Nc4cccc5ccccc45)nc32)c1. The molecule has 164 valence electrons. The van der Waals surface area contributed by atoms with Gasteiger partial charge in [-0.15, -0.1) is 0 Å². The Morgan fingerprint density at radius 2 is 1.59 bits per heavy atom. The van der Waals surface area contributed by atoms with Gasteiger partial charge in [0, 0.05) is 22.1 Å². The van der Waals surface area contributed by atoms with E-state index >= 15 is 0 Å². The average molecular weight is 444 g/mol. The number of rotatable bonds is 3. The normalized spacial score (nSPS) is 11.3. The van der Waals surface area contributed by atoms with Crippen LogP contribution in [0, 0.1) is 6.92 Å². The molecule has 1 amide bonds. The third-order valence-electron chi connectivity index (χ3n) is 6.04. The van der Waals surface area contributed by atoms with Crippen molar-refractivity contribution in [3.63, 3.8) is 0 Å². The highest BCUT2D eigenvalue weighted by Gasteiger charge is 2.21. The topological polar surface area (TPSA) is 85.8 Å². The number of fused-ring (bicyclic) bond motifs is 4. The summed E-state index contributed by atoms with van der Waals surface area (Å²) in [6, 6.07) is 29.8. The first-order valence-corrected chi connectivity index (χ1v) is 11.0. The zero-order chi connectivity index (χ0) is 23.2. The standard InChI is InChI=1S/C28H21N5O/c1-17-8-6-11-19(16-17)33-23-15-5-4-13-21(23)24-25(29)31-26(32-27(24)33)28(34)30-22-14-7-10-18-9-2-3-12-20(18)22/h2-16H,1H3,(H,30,34)(H2,29,31,32). The summed E-state index contributed by atoms with van der Waals surface area (Å²) in [5.74, 6) is -0.115. The summed E-state index contributed by atoms with van der Waals surface area (Å²) in [4.78, 5) is 22.4. The monoisotopic (exact) mass is 443 g/mol. The van der Waals surface area contributed by atoms with Gasteiger partial charge in [-0.05, 0) is 42.1 Å². The minimum absolute atomic E-state index is 0.0228. The molecular weight excluding hydrogens is 422 g/mol. The zero-order valence-corrected chi connectivity index (χ0v) is 18.5. The van der Waals surface area contributed by atoms with Crippen molar-refractivity contribution >= 4 is 50.1 Å². The molecule has 0 fully saturated rings. The van der Waals surface area contributed by atoms with Crippen molar-refractivity contribution in [2.24, 2.45) is 0 Å². The molecule has 0 atom stereocenters. The largest absolute Gasteiger partial charge is 0.383 e. The number of nitrogens with zero attached hydrogens (tertiary/aromatic N) is 3. The van der Waals surface area contributed by atoms with Gasteiger partial charge in [0.2, 0.25) is 5.82 Å². The lowest BCUT2D eigenvalue weighted by Gasteiger charge is -2.10. The van der Waals surface area contributed by atoms with E-state index in [9.17, 15) is 4.79 Å². The Balaban J connectivity index is 1.54. The Kier molecular flexibility index (Phi) is 4.52. The van der Waals surface area contributed by atoms with E-state index in [1.165, 1.54) is 0 Å². The molecule has 0 aliphatic rings. The number of benzene rings is 4. The molecule has 0 saturated heterocycles. The van der Waals surface area contributed by atoms with Crippen LogP contribution in [0.15, 0.2) is 91.0 Å². The Hall–Kier alpha value is -4.71. The van der Waals surface area contributed by atoms with Crippen molar-refractivity contribution in [3.8, 4) is 5.69 Å². The van der Waals surface area contributed by atoms with Gasteiger partial charge in [-0.3, -0.25) is 9.36 Å². The van der Waals surface area contributed by atoms with Gasteiger partial charge in [-0.25, -0.2) is 9.97 Å². The quantitative estimate of drug-likeness (QED) is 0.358. The van der Waals surface area contributed by atoms with Crippen LogP contribution >= 0.6 is 0 Å². The fraction of sp³-hybridized carbons (Fsp3) is 0.0357. The number of aryl methyl sites for hydroxylation is 1. The maximum Gasteiger partial charge on any atom is 0.293 e. The van der Waals surface area contributed by atoms with Crippen LogP contribution in [0.3, 0.4) is 0 Å². The highest BCUT2D eigenvalue weighted by atomic mass is 16.2. The maximum atomic E-state index is 13.3. The highest BCUT2D eigenvalue weighted by molar-refractivity contribution is 6.14. The lowest BCUT2D eigenvalue weighted by molar-refractivity contribution is 0.101. The number of anilines is 2. The van der Waals surface area contributed by atoms with Crippen LogP contribution < -0.4 is 11.1 Å². The van der Waals surface area contributed by atoms with Crippen LogP contribution in [0.1, 0.15) is 16.2 Å². The molecule has 2 aromatic heterocycles. The van der Waals surface area contributed by atoms with Crippen molar-refractivity contribution in [2.45, 2.75) is 6.92 Å². The number of carbonyl (C=O) groups is 1. The molecule has 0 unspecified atom stereocenters. The number of hydrogen-bond acceptors (Lipinski definition) is 4. The van der Waals surface area contributed by atoms with Gasteiger partial charge in [-0.2, -0.15) is 0 Å². The van der Waals surface area contributed by atoms with Crippen LogP contribution in [0.5, 0.6) is 0 Å². The summed E-state index contributed by atoms with van der Waals surface area (Å²) in [6.07, 6.45) is 0. The summed E-state index contributed by atoms with van der Waals surface area (Å²) >= 11 is 0. The molecule has 6 rings (SSSR count). The maximum absolute atomic E-state index is 13.3. The van der Waals surface area contributed by atoms with Crippen molar-refractivity contribution in [2.75, 3.05) is 11.1 Å². The van der Waals surface area contributed by atoms with E-state index in [2.05, 4.69) is 16.4 Å². The summed E-state index contributed by atoms with van der Waals surface area (Å²) in [5.41, 5.74) is 10.7. The first-order valence-electron chi connectivity index (χ1n) is 11.0. The van der Waals surface area contributed by atoms with E-state index in [0.717, 1.165) is 38.3 Å². The van der Waals surface area contributed by atoms with Gasteiger partial charge in [0.05, 0.1) is 10.9 Å². The van der Waals surface area contributed by atoms with Gasteiger partial charge in [-0.1, -0.05) is 66.7 Å². The summed E-state index contributed by atoms with van der Waals surface area (Å²) in [6.45, 7) is 2.05. The first kappa shape index (κ1) is 19.9. The summed E-state index contributed by atoms with van der Waals surface area (Å²) in [5, 5.41) is 6.63. The number of amides is 1. The molecule has 6 heteroatoms. The number of para-hydroxylation sites is 1. The van der Waals surface area contributed by atoms with Crippen LogP contribution in [0.4, 0.5) is 11.5 Å². The molecule has 0 aliphatic heterocycles. The number of hydrogen-bond donors (Lipinski definition) is 2. The van der Waals surface area contributed by atoms with Crippen LogP contribution in [-0.2, 0) is 0 Å². The molecule has 4 aromatic carbocycles. The third-order valence-corrected chi connectivity index (χ3v) is 6.04. The van der Waals surface area contributed by atoms with Crippen LogP contribution in [-0.4, -0.2) is 20.4 Å². The lowest BCUT2D eigenvalue weighted by Crippen LogP contribution is -2.17. The Morgan fingerprint density at radius 3 is 2.44 bits per heavy atom. The van der Waals surface area contributed by atoms with Crippen molar-refractivity contribution < 1.29 is 4.79 Å². The molecule has 6 aromatic rings. The van der Waals surface area contributed by atoms with Gasteiger partial charge in [0.15, 0.2) is 5.65 Å². The van der Waals surface area contributed by atoms with E-state index in [1.807, 2.05) is 96.4 Å². The molecule has 34 heavy (non-hydrogen) atoms. The second-order valence-corrected chi connectivity index (χ2v) is 8.30. The molecule has 0 saturated carbocycles.